The summed E-state index contributed by atoms with van der Waals surface area (Å²) in [6.07, 6.45) is 8.34. The van der Waals surface area contributed by atoms with Crippen molar-refractivity contribution in [2.75, 3.05) is 24.2 Å². The number of sulfonamides is 1. The Hall–Kier alpha value is -2.21. The lowest BCUT2D eigenvalue weighted by Gasteiger charge is -2.19. The van der Waals surface area contributed by atoms with Gasteiger partial charge in [0.1, 0.15) is 4.83 Å². The monoisotopic (exact) mass is 574 g/mol. The number of rotatable bonds is 9. The van der Waals surface area contributed by atoms with Gasteiger partial charge in [0.2, 0.25) is 15.9 Å². The molecule has 8 nitrogen and oxygen atoms in total. The number of amides is 1. The van der Waals surface area contributed by atoms with Crippen molar-refractivity contribution in [1.82, 2.24) is 13.9 Å². The second-order valence-corrected chi connectivity index (χ2v) is 13.8. The largest absolute Gasteiger partial charge is 0.325 e. The topological polar surface area (TPSA) is 101 Å². The number of carbonyl (C=O) groups excluding carboxylic acids is 1. The maximum atomic E-state index is 13.8. The van der Waals surface area contributed by atoms with E-state index in [1.807, 2.05) is 4.57 Å². The lowest BCUT2D eigenvalue weighted by Crippen LogP contribution is -2.30. The highest BCUT2D eigenvalue weighted by Crippen LogP contribution is 2.37. The molecule has 1 N–H and O–H groups in total. The van der Waals surface area contributed by atoms with E-state index in [1.54, 1.807) is 37.3 Å². The van der Waals surface area contributed by atoms with Crippen molar-refractivity contribution in [3.63, 3.8) is 0 Å². The first-order chi connectivity index (χ1) is 18.3. The predicted octanol–water partition coefficient (Wildman–Crippen LogP) is 5.21. The summed E-state index contributed by atoms with van der Waals surface area (Å²) in [5, 5.41) is 4.26. The van der Waals surface area contributed by atoms with Gasteiger partial charge in [0.15, 0.2) is 5.16 Å². The molecule has 2 aliphatic rings. The number of benzene rings is 1. The molecule has 2 heterocycles. The number of thiophene rings is 1. The molecular weight excluding hydrogens is 541 g/mol. The lowest BCUT2D eigenvalue weighted by atomic mass is 9.97. The Balaban J connectivity index is 1.34. The first-order valence-electron chi connectivity index (χ1n) is 13.4. The number of thioether (sulfide) groups is 1. The maximum Gasteiger partial charge on any atom is 0.263 e. The fourth-order valence-electron chi connectivity index (χ4n) is 5.54. The second kappa shape index (κ2) is 11.5. The van der Waals surface area contributed by atoms with E-state index in [2.05, 4.69) is 5.32 Å². The molecule has 3 aromatic rings. The first-order valence-corrected chi connectivity index (χ1v) is 16.7. The van der Waals surface area contributed by atoms with E-state index < -0.39 is 10.0 Å². The van der Waals surface area contributed by atoms with Crippen molar-refractivity contribution in [1.29, 1.82) is 0 Å². The molecule has 0 unspecified atom stereocenters. The third-order valence-corrected chi connectivity index (χ3v) is 11.7. The summed E-state index contributed by atoms with van der Waals surface area (Å²) in [5.74, 6) is -0.123. The molecule has 0 atom stereocenters. The van der Waals surface area contributed by atoms with Crippen LogP contribution in [0.25, 0.3) is 10.2 Å². The average molecular weight is 575 g/mol. The maximum absolute atomic E-state index is 13.8. The van der Waals surface area contributed by atoms with Crippen LogP contribution >= 0.6 is 23.1 Å². The third-order valence-electron chi connectivity index (χ3n) is 7.49. The normalized spacial score (nSPS) is 16.3. The van der Waals surface area contributed by atoms with Crippen LogP contribution in [0.4, 0.5) is 5.69 Å². The molecule has 0 radical (unpaired) electrons. The van der Waals surface area contributed by atoms with Gasteiger partial charge in [0.25, 0.3) is 5.56 Å². The van der Waals surface area contributed by atoms with E-state index in [-0.39, 0.29) is 28.2 Å². The van der Waals surface area contributed by atoms with Crippen molar-refractivity contribution < 1.29 is 13.2 Å². The number of nitrogens with zero attached hydrogens (tertiary/aromatic N) is 3. The Morgan fingerprint density at radius 2 is 1.79 bits per heavy atom. The van der Waals surface area contributed by atoms with Crippen LogP contribution in [0.15, 0.2) is 39.1 Å². The Labute approximate surface area is 231 Å². The molecule has 1 fully saturated rings. The summed E-state index contributed by atoms with van der Waals surface area (Å²) >= 11 is 2.93. The zero-order chi connectivity index (χ0) is 26.9. The molecule has 2 aliphatic carbocycles. The summed E-state index contributed by atoms with van der Waals surface area (Å²) in [6.45, 7) is 4.40. The SMILES string of the molecule is CCN(CC)S(=O)(=O)c1ccc(NC(=O)CSc2nc3sc4c(c3c(=O)n2C2CCCC2)CCCC4)cc1. The van der Waals surface area contributed by atoms with Crippen molar-refractivity contribution in [3.05, 3.63) is 45.1 Å². The van der Waals surface area contributed by atoms with Crippen LogP contribution in [-0.4, -0.2) is 47.0 Å². The highest BCUT2D eigenvalue weighted by molar-refractivity contribution is 7.99. The molecule has 5 rings (SSSR count). The first kappa shape index (κ1) is 27.4. The minimum atomic E-state index is -3.55. The third kappa shape index (κ3) is 5.30. The number of fused-ring (bicyclic) bond motifs is 3. The van der Waals surface area contributed by atoms with E-state index in [1.165, 1.54) is 38.6 Å². The van der Waals surface area contributed by atoms with Gasteiger partial charge in [-0.25, -0.2) is 13.4 Å². The van der Waals surface area contributed by atoms with E-state index in [4.69, 9.17) is 4.98 Å². The highest BCUT2D eigenvalue weighted by atomic mass is 32.2. The minimum Gasteiger partial charge on any atom is -0.325 e. The van der Waals surface area contributed by atoms with Crippen LogP contribution in [0, 0.1) is 0 Å². The van der Waals surface area contributed by atoms with Gasteiger partial charge < -0.3 is 5.32 Å². The number of carbonyl (C=O) groups is 1. The van der Waals surface area contributed by atoms with Gasteiger partial charge >= 0.3 is 0 Å². The summed E-state index contributed by atoms with van der Waals surface area (Å²) in [6, 6.07) is 6.37. The van der Waals surface area contributed by atoms with Crippen LogP contribution in [0.2, 0.25) is 0 Å². The summed E-state index contributed by atoms with van der Waals surface area (Å²) in [5.41, 5.74) is 1.77. The van der Waals surface area contributed by atoms with Crippen molar-refractivity contribution in [2.24, 2.45) is 0 Å². The molecule has 38 heavy (non-hydrogen) atoms. The summed E-state index contributed by atoms with van der Waals surface area (Å²) in [7, 11) is -3.55. The Morgan fingerprint density at radius 3 is 2.47 bits per heavy atom. The molecule has 0 spiro atoms. The standard InChI is InChI=1S/C27H34N4O4S3/c1-3-30(4-2)38(34,35)20-15-13-18(14-16-20)28-23(32)17-36-27-29-25-24(21-11-7-8-12-22(21)37-25)26(33)31(27)19-9-5-6-10-19/h13-16,19H,3-12,17H2,1-2H3,(H,28,32). The molecule has 204 valence electrons. The summed E-state index contributed by atoms with van der Waals surface area (Å²) in [4.78, 5) is 33.8. The van der Waals surface area contributed by atoms with Crippen molar-refractivity contribution >= 4 is 54.9 Å². The lowest BCUT2D eigenvalue weighted by molar-refractivity contribution is -0.113. The van der Waals surface area contributed by atoms with Crippen LogP contribution in [0.5, 0.6) is 0 Å². The molecule has 1 saturated carbocycles. The molecule has 1 aromatic carbocycles. The molecule has 2 aromatic heterocycles. The summed E-state index contributed by atoms with van der Waals surface area (Å²) < 4.78 is 28.7. The van der Waals surface area contributed by atoms with Crippen LogP contribution in [0.1, 0.15) is 68.9 Å². The minimum absolute atomic E-state index is 0.0502. The number of nitrogens with one attached hydrogen (secondary N) is 1. The van der Waals surface area contributed by atoms with Crippen molar-refractivity contribution in [2.45, 2.75) is 81.3 Å². The van der Waals surface area contributed by atoms with Gasteiger partial charge in [-0.3, -0.25) is 14.2 Å². The van der Waals surface area contributed by atoms with Gasteiger partial charge in [-0.2, -0.15) is 4.31 Å². The van der Waals surface area contributed by atoms with E-state index in [0.717, 1.165) is 61.6 Å². The average Bonchev–Trinajstić information content (AvgIpc) is 3.56. The van der Waals surface area contributed by atoms with E-state index in [0.29, 0.717) is 23.9 Å². The van der Waals surface area contributed by atoms with Gasteiger partial charge in [-0.15, -0.1) is 11.3 Å². The smallest absolute Gasteiger partial charge is 0.263 e. The molecule has 11 heteroatoms. The van der Waals surface area contributed by atoms with Crippen molar-refractivity contribution in [3.8, 4) is 0 Å². The highest BCUT2D eigenvalue weighted by Gasteiger charge is 2.27. The molecular formula is C27H34N4O4S3. The molecule has 0 bridgehead atoms. The zero-order valence-corrected chi connectivity index (χ0v) is 24.3. The van der Waals surface area contributed by atoms with Crippen LogP contribution in [0.3, 0.4) is 0 Å². The van der Waals surface area contributed by atoms with E-state index >= 15 is 0 Å². The second-order valence-electron chi connectivity index (χ2n) is 9.85. The Kier molecular flexibility index (Phi) is 8.27. The number of anilines is 1. The van der Waals surface area contributed by atoms with Crippen LogP contribution < -0.4 is 10.9 Å². The Bertz CT molecular complexity index is 1490. The van der Waals surface area contributed by atoms with Gasteiger partial charge in [-0.05, 0) is 68.4 Å². The number of hydrogen-bond donors (Lipinski definition) is 1. The quantitative estimate of drug-likeness (QED) is 0.278. The van der Waals surface area contributed by atoms with Gasteiger partial charge in [-0.1, -0.05) is 38.5 Å². The van der Waals surface area contributed by atoms with Gasteiger partial charge in [0, 0.05) is 29.7 Å². The number of aryl methyl sites for hydroxylation is 2. The zero-order valence-electron chi connectivity index (χ0n) is 21.9. The van der Waals surface area contributed by atoms with E-state index in [9.17, 15) is 18.0 Å². The van der Waals surface area contributed by atoms with Crippen LogP contribution in [-0.2, 0) is 27.7 Å². The fraction of sp³-hybridized carbons (Fsp3) is 0.519. The fourth-order valence-corrected chi connectivity index (χ4v) is 9.16. The number of hydrogen-bond acceptors (Lipinski definition) is 7. The molecule has 1 amide bonds. The number of aromatic nitrogens is 2. The van der Waals surface area contributed by atoms with Gasteiger partial charge in [0.05, 0.1) is 16.0 Å². The molecule has 0 saturated heterocycles. The molecule has 0 aliphatic heterocycles. The predicted molar refractivity (Wildman–Crippen MR) is 154 cm³/mol. The Morgan fingerprint density at radius 1 is 1.11 bits per heavy atom.